The first-order valence-electron chi connectivity index (χ1n) is 11.8. The molecule has 1 spiro atoms. The summed E-state index contributed by atoms with van der Waals surface area (Å²) in [6.07, 6.45) is 7.17. The Hall–Kier alpha value is -1.96. The zero-order valence-electron chi connectivity index (χ0n) is 17.9. The van der Waals surface area contributed by atoms with Gasteiger partial charge in [0.15, 0.2) is 19.7 Å². The number of hydrogen-bond donors (Lipinski definition) is 0. The molecule has 1 heterocycles. The SMILES string of the molecule is O=S(=O)(c1ccccc1)[C@@H]1[C@H](S(=O)(=O)c2ccccc2)[C@H]2C3(CC3)[C@@H]1[C@]13O[C@@]21[C@H]1C=C[C@H]3C1. The topological polar surface area (TPSA) is 80.8 Å². The van der Waals surface area contributed by atoms with Crippen molar-refractivity contribution in [2.24, 2.45) is 29.1 Å². The third-order valence-corrected chi connectivity index (χ3v) is 14.5. The molecule has 0 radical (unpaired) electrons. The maximum atomic E-state index is 14.2. The van der Waals surface area contributed by atoms with Crippen LogP contribution in [0.2, 0.25) is 0 Å². The van der Waals surface area contributed by atoms with Crippen LogP contribution in [0.15, 0.2) is 82.6 Å². The van der Waals surface area contributed by atoms with E-state index < -0.39 is 41.4 Å². The van der Waals surface area contributed by atoms with Gasteiger partial charge in [0.2, 0.25) is 0 Å². The minimum Gasteiger partial charge on any atom is -0.360 e. The van der Waals surface area contributed by atoms with Crippen molar-refractivity contribution in [1.82, 2.24) is 0 Å². The van der Waals surface area contributed by atoms with Crippen molar-refractivity contribution in [2.75, 3.05) is 0 Å². The molecule has 0 unspecified atom stereocenters. The molecule has 0 N–H and O–H groups in total. The Morgan fingerprint density at radius 2 is 1.09 bits per heavy atom. The summed E-state index contributed by atoms with van der Waals surface area (Å²) in [5.41, 5.74) is -1.23. The quantitative estimate of drug-likeness (QED) is 0.495. The Labute approximate surface area is 193 Å². The molecule has 5 fully saturated rings. The van der Waals surface area contributed by atoms with E-state index >= 15 is 0 Å². The van der Waals surface area contributed by atoms with Crippen LogP contribution in [-0.4, -0.2) is 38.5 Å². The Balaban J connectivity index is 1.40. The fourth-order valence-electron chi connectivity index (χ4n) is 8.98. The normalized spacial score (nSPS) is 44.7. The summed E-state index contributed by atoms with van der Waals surface area (Å²) in [4.78, 5) is 0.431. The zero-order valence-corrected chi connectivity index (χ0v) is 19.5. The summed E-state index contributed by atoms with van der Waals surface area (Å²) in [6, 6.07) is 16.8. The highest BCUT2D eigenvalue weighted by Crippen LogP contribution is 2.92. The van der Waals surface area contributed by atoms with E-state index in [9.17, 15) is 16.8 Å². The molecule has 4 saturated carbocycles. The van der Waals surface area contributed by atoms with Crippen LogP contribution < -0.4 is 0 Å². The van der Waals surface area contributed by atoms with Crippen LogP contribution in [0, 0.1) is 29.1 Å². The second kappa shape index (κ2) is 5.47. The lowest BCUT2D eigenvalue weighted by Gasteiger charge is -2.36. The van der Waals surface area contributed by atoms with Gasteiger partial charge in [-0.1, -0.05) is 48.6 Å². The molecule has 8 rings (SSSR count). The molecular weight excluding hydrogens is 456 g/mol. The number of rotatable bonds is 4. The van der Waals surface area contributed by atoms with Crippen molar-refractivity contribution in [1.29, 1.82) is 0 Å². The molecule has 1 aliphatic heterocycles. The smallest absolute Gasteiger partial charge is 0.182 e. The Kier molecular flexibility index (Phi) is 3.21. The summed E-state index contributed by atoms with van der Waals surface area (Å²) < 4.78 is 63.6. The van der Waals surface area contributed by atoms with Gasteiger partial charge in [0.1, 0.15) is 11.2 Å². The summed E-state index contributed by atoms with van der Waals surface area (Å²) >= 11 is 0. The highest BCUT2D eigenvalue weighted by molar-refractivity contribution is 7.96. The molecule has 5 nitrogen and oxygen atoms in total. The predicted molar refractivity (Wildman–Crippen MR) is 121 cm³/mol. The third-order valence-electron chi connectivity index (χ3n) is 9.92. The lowest BCUT2D eigenvalue weighted by atomic mass is 9.73. The van der Waals surface area contributed by atoms with Gasteiger partial charge < -0.3 is 4.74 Å². The fourth-order valence-corrected chi connectivity index (χ4v) is 14.2. The van der Waals surface area contributed by atoms with Crippen LogP contribution >= 0.6 is 0 Å². The van der Waals surface area contributed by atoms with Gasteiger partial charge >= 0.3 is 0 Å². The average Bonchev–Trinajstić information content (AvgIpc) is 3.60. The van der Waals surface area contributed by atoms with Gasteiger partial charge in [-0.25, -0.2) is 16.8 Å². The van der Waals surface area contributed by atoms with E-state index in [1.54, 1.807) is 60.7 Å². The maximum Gasteiger partial charge on any atom is 0.182 e. The van der Waals surface area contributed by atoms with Crippen LogP contribution in [0.3, 0.4) is 0 Å². The zero-order chi connectivity index (χ0) is 22.4. The van der Waals surface area contributed by atoms with Gasteiger partial charge in [-0.05, 0) is 48.9 Å². The second-order valence-corrected chi connectivity index (χ2v) is 15.1. The van der Waals surface area contributed by atoms with Gasteiger partial charge in [-0.3, -0.25) is 0 Å². The van der Waals surface area contributed by atoms with Crippen molar-refractivity contribution >= 4 is 19.7 Å². The van der Waals surface area contributed by atoms with Crippen molar-refractivity contribution in [3.05, 3.63) is 72.8 Å². The van der Waals surface area contributed by atoms with Crippen molar-refractivity contribution in [2.45, 2.75) is 50.8 Å². The van der Waals surface area contributed by atoms with E-state index in [2.05, 4.69) is 12.2 Å². The number of sulfone groups is 2. The highest BCUT2D eigenvalue weighted by atomic mass is 32.2. The Morgan fingerprint density at radius 3 is 1.48 bits per heavy atom. The molecule has 1 saturated heterocycles. The molecular formula is C26H24O5S2. The van der Waals surface area contributed by atoms with Crippen LogP contribution in [0.5, 0.6) is 0 Å². The molecule has 0 amide bonds. The standard InChI is InChI=1S/C26H24O5S2/c27-32(28,18-7-3-1-4-8-18)20-21(33(29,30)19-9-5-2-6-10-19)23-24(13-14-24)22(20)25-16-11-12-17(15-16)26(23,25)31-25/h1-12,16-17,20-23H,13-15H2/t16-,17-,20-,21+,22-,23+,25-,26-/m0/s1. The predicted octanol–water partition coefficient (Wildman–Crippen LogP) is 3.42. The van der Waals surface area contributed by atoms with Gasteiger partial charge in [0.05, 0.1) is 20.3 Å². The van der Waals surface area contributed by atoms with Gasteiger partial charge in [-0.15, -0.1) is 0 Å². The molecule has 7 heteroatoms. The first-order valence-corrected chi connectivity index (χ1v) is 14.9. The highest BCUT2D eigenvalue weighted by Gasteiger charge is 3.01. The van der Waals surface area contributed by atoms with E-state index in [0.717, 1.165) is 19.3 Å². The molecule has 8 atom stereocenters. The summed E-state index contributed by atoms with van der Waals surface area (Å²) in [7, 11) is -7.79. The lowest BCUT2D eigenvalue weighted by Crippen LogP contribution is -2.54. The summed E-state index contributed by atoms with van der Waals surface area (Å²) in [6.45, 7) is 0. The van der Waals surface area contributed by atoms with Gasteiger partial charge in [0, 0.05) is 23.7 Å². The number of ether oxygens (including phenoxy) is 1. The van der Waals surface area contributed by atoms with E-state index in [1.807, 2.05) is 0 Å². The van der Waals surface area contributed by atoms with Crippen LogP contribution in [0.4, 0.5) is 0 Å². The lowest BCUT2D eigenvalue weighted by molar-refractivity contribution is 0.0482. The van der Waals surface area contributed by atoms with Gasteiger partial charge in [-0.2, -0.15) is 0 Å². The molecule has 2 aromatic rings. The van der Waals surface area contributed by atoms with Crippen LogP contribution in [0.25, 0.3) is 0 Å². The van der Waals surface area contributed by atoms with E-state index in [4.69, 9.17) is 4.74 Å². The summed E-state index contributed by atoms with van der Waals surface area (Å²) in [5.74, 6) is -0.153. The second-order valence-electron chi connectivity index (χ2n) is 10.9. The molecule has 4 bridgehead atoms. The minimum absolute atomic E-state index is 0.198. The number of fused-ring (bicyclic) bond motifs is 2. The average molecular weight is 481 g/mol. The van der Waals surface area contributed by atoms with Gasteiger partial charge in [0.25, 0.3) is 0 Å². The van der Waals surface area contributed by atoms with E-state index in [1.165, 1.54) is 0 Å². The maximum absolute atomic E-state index is 14.2. The van der Waals surface area contributed by atoms with Crippen molar-refractivity contribution in [3.63, 3.8) is 0 Å². The number of epoxide rings is 1. The molecule has 2 aromatic carbocycles. The Bertz CT molecular complexity index is 1340. The minimum atomic E-state index is -3.89. The first-order chi connectivity index (χ1) is 15.8. The largest absolute Gasteiger partial charge is 0.360 e. The molecule has 0 aromatic heterocycles. The molecule has 33 heavy (non-hydrogen) atoms. The summed E-state index contributed by atoms with van der Waals surface area (Å²) in [5, 5.41) is -1.97. The molecule has 170 valence electrons. The van der Waals surface area contributed by atoms with E-state index in [-0.39, 0.29) is 38.9 Å². The number of benzene rings is 2. The first kappa shape index (κ1) is 19.4. The van der Waals surface area contributed by atoms with E-state index in [0.29, 0.717) is 0 Å². The number of hydrogen-bond acceptors (Lipinski definition) is 5. The van der Waals surface area contributed by atoms with Crippen molar-refractivity contribution < 1.29 is 21.6 Å². The molecule has 6 aliphatic rings. The monoisotopic (exact) mass is 480 g/mol. The third kappa shape index (κ3) is 1.85. The van der Waals surface area contributed by atoms with Crippen LogP contribution in [0.1, 0.15) is 19.3 Å². The molecule has 5 aliphatic carbocycles. The van der Waals surface area contributed by atoms with Crippen molar-refractivity contribution in [3.8, 4) is 0 Å². The van der Waals surface area contributed by atoms with Crippen LogP contribution in [-0.2, 0) is 24.4 Å². The fraction of sp³-hybridized carbons (Fsp3) is 0.462. The Morgan fingerprint density at radius 1 is 0.667 bits per heavy atom.